The highest BCUT2D eigenvalue weighted by Gasteiger charge is 2.25. The van der Waals surface area contributed by atoms with Gasteiger partial charge in [-0.25, -0.2) is 15.0 Å². The van der Waals surface area contributed by atoms with Gasteiger partial charge < -0.3 is 15.5 Å². The molecule has 0 saturated carbocycles. The molecule has 1 aliphatic rings. The van der Waals surface area contributed by atoms with Gasteiger partial charge >= 0.3 is 0 Å². The van der Waals surface area contributed by atoms with Crippen molar-refractivity contribution >= 4 is 17.0 Å². The van der Waals surface area contributed by atoms with Gasteiger partial charge in [0.25, 0.3) is 0 Å². The second kappa shape index (κ2) is 6.14. The van der Waals surface area contributed by atoms with Crippen molar-refractivity contribution in [3.63, 3.8) is 0 Å². The van der Waals surface area contributed by atoms with Crippen LogP contribution in [0, 0.1) is 6.92 Å². The highest BCUT2D eigenvalue weighted by molar-refractivity contribution is 5.80. The van der Waals surface area contributed by atoms with Crippen molar-refractivity contribution in [1.82, 2.24) is 29.8 Å². The van der Waals surface area contributed by atoms with Crippen LogP contribution in [0.25, 0.3) is 11.2 Å². The summed E-state index contributed by atoms with van der Waals surface area (Å²) >= 11 is 0. The summed E-state index contributed by atoms with van der Waals surface area (Å²) < 4.78 is 5.86. The first-order valence-corrected chi connectivity index (χ1v) is 7.91. The third kappa shape index (κ3) is 2.93. The first kappa shape index (κ1) is 15.0. The van der Waals surface area contributed by atoms with Crippen LogP contribution in [-0.4, -0.2) is 49.5 Å². The number of H-pyrrole nitrogens is 1. The molecule has 0 aliphatic carbocycles. The summed E-state index contributed by atoms with van der Waals surface area (Å²) in [4.78, 5) is 22.6. The largest absolute Gasteiger partial charge is 0.382 e. The number of hydrogen-bond acceptors (Lipinski definition) is 7. The van der Waals surface area contributed by atoms with Crippen LogP contribution in [0.3, 0.4) is 0 Å². The van der Waals surface area contributed by atoms with Crippen molar-refractivity contribution in [2.45, 2.75) is 19.6 Å². The van der Waals surface area contributed by atoms with Crippen molar-refractivity contribution in [3.8, 4) is 0 Å². The van der Waals surface area contributed by atoms with E-state index in [1.807, 2.05) is 19.2 Å². The topological polar surface area (TPSA) is 106 Å². The van der Waals surface area contributed by atoms with Gasteiger partial charge in [0.2, 0.25) is 0 Å². The Bertz CT molecular complexity index is 845. The molecule has 1 atom stereocenters. The maximum absolute atomic E-state index is 5.98. The molecule has 8 heteroatoms. The predicted octanol–water partition coefficient (Wildman–Crippen LogP) is 1.21. The number of nitrogens with one attached hydrogen (secondary N) is 1. The predicted molar refractivity (Wildman–Crippen MR) is 89.0 cm³/mol. The Hall–Kier alpha value is -2.58. The van der Waals surface area contributed by atoms with Gasteiger partial charge in [-0.15, -0.1) is 0 Å². The van der Waals surface area contributed by atoms with Crippen molar-refractivity contribution in [3.05, 3.63) is 41.7 Å². The van der Waals surface area contributed by atoms with E-state index in [9.17, 15) is 0 Å². The number of morpholine rings is 1. The second-order valence-corrected chi connectivity index (χ2v) is 5.97. The molecule has 0 amide bonds. The molecule has 0 aromatic carbocycles. The number of fused-ring (bicyclic) bond motifs is 1. The molecule has 4 heterocycles. The number of ether oxygens (including phenoxy) is 1. The number of rotatable bonds is 3. The number of hydrogen-bond donors (Lipinski definition) is 2. The lowest BCUT2D eigenvalue weighted by Crippen LogP contribution is -2.38. The Labute approximate surface area is 139 Å². The first-order valence-electron chi connectivity index (χ1n) is 7.91. The number of imidazole rings is 1. The molecule has 8 nitrogen and oxygen atoms in total. The van der Waals surface area contributed by atoms with E-state index in [2.05, 4.69) is 35.9 Å². The van der Waals surface area contributed by atoms with Crippen LogP contribution in [0.4, 0.5) is 5.82 Å². The van der Waals surface area contributed by atoms with E-state index in [1.54, 1.807) is 6.33 Å². The zero-order valence-electron chi connectivity index (χ0n) is 13.4. The molecule has 4 rings (SSSR count). The van der Waals surface area contributed by atoms with Crippen molar-refractivity contribution in [1.29, 1.82) is 0 Å². The number of nitrogens with two attached hydrogens (primary N) is 1. The average Bonchev–Trinajstić information content (AvgIpc) is 3.06. The van der Waals surface area contributed by atoms with Crippen LogP contribution in [-0.2, 0) is 11.3 Å². The SMILES string of the molecule is Cc1ccc(CN2CCOC(c3nc(N)c4[nH]cnc4n3)C2)cn1. The Morgan fingerprint density at radius 3 is 3.08 bits per heavy atom. The summed E-state index contributed by atoms with van der Waals surface area (Å²) in [7, 11) is 0. The lowest BCUT2D eigenvalue weighted by molar-refractivity contribution is -0.0370. The Morgan fingerprint density at radius 2 is 2.25 bits per heavy atom. The van der Waals surface area contributed by atoms with E-state index in [-0.39, 0.29) is 6.10 Å². The summed E-state index contributed by atoms with van der Waals surface area (Å²) in [5, 5.41) is 0. The van der Waals surface area contributed by atoms with Gasteiger partial charge in [-0.1, -0.05) is 6.07 Å². The smallest absolute Gasteiger partial charge is 0.183 e. The Kier molecular flexibility index (Phi) is 3.83. The van der Waals surface area contributed by atoms with Crippen LogP contribution < -0.4 is 5.73 Å². The number of aromatic nitrogens is 5. The molecule has 0 spiro atoms. The van der Waals surface area contributed by atoms with Gasteiger partial charge in [-0.05, 0) is 18.6 Å². The summed E-state index contributed by atoms with van der Waals surface area (Å²) in [6.07, 6.45) is 3.28. The van der Waals surface area contributed by atoms with Crippen LogP contribution in [0.15, 0.2) is 24.7 Å². The zero-order valence-corrected chi connectivity index (χ0v) is 13.4. The van der Waals surface area contributed by atoms with E-state index in [4.69, 9.17) is 10.5 Å². The minimum absolute atomic E-state index is 0.208. The van der Waals surface area contributed by atoms with E-state index in [0.29, 0.717) is 36.0 Å². The van der Waals surface area contributed by atoms with E-state index in [1.165, 1.54) is 5.56 Å². The molecular formula is C16H19N7O. The van der Waals surface area contributed by atoms with Gasteiger partial charge in [-0.3, -0.25) is 9.88 Å². The van der Waals surface area contributed by atoms with Gasteiger partial charge in [0.15, 0.2) is 17.3 Å². The molecule has 3 aromatic heterocycles. The van der Waals surface area contributed by atoms with Gasteiger partial charge in [0, 0.05) is 31.5 Å². The second-order valence-electron chi connectivity index (χ2n) is 5.97. The molecule has 24 heavy (non-hydrogen) atoms. The maximum atomic E-state index is 5.98. The van der Waals surface area contributed by atoms with E-state index < -0.39 is 0 Å². The summed E-state index contributed by atoms with van der Waals surface area (Å²) in [6, 6.07) is 4.14. The molecule has 0 radical (unpaired) electrons. The van der Waals surface area contributed by atoms with Crippen LogP contribution in [0.5, 0.6) is 0 Å². The van der Waals surface area contributed by atoms with Crippen molar-refractivity contribution in [2.75, 3.05) is 25.4 Å². The maximum Gasteiger partial charge on any atom is 0.183 e. The monoisotopic (exact) mass is 325 g/mol. The highest BCUT2D eigenvalue weighted by atomic mass is 16.5. The molecule has 1 fully saturated rings. The van der Waals surface area contributed by atoms with Crippen molar-refractivity contribution in [2.24, 2.45) is 0 Å². The number of anilines is 1. The van der Waals surface area contributed by atoms with Gasteiger partial charge in [0.1, 0.15) is 11.6 Å². The third-order valence-corrected chi connectivity index (χ3v) is 4.15. The Balaban J connectivity index is 1.52. The zero-order chi connectivity index (χ0) is 16.5. The fraction of sp³-hybridized carbons (Fsp3) is 0.375. The number of aromatic amines is 1. The molecule has 124 valence electrons. The Morgan fingerprint density at radius 1 is 1.33 bits per heavy atom. The van der Waals surface area contributed by atoms with Crippen LogP contribution >= 0.6 is 0 Å². The number of aryl methyl sites for hydroxylation is 1. The molecule has 1 unspecified atom stereocenters. The minimum Gasteiger partial charge on any atom is -0.382 e. The van der Waals surface area contributed by atoms with Crippen LogP contribution in [0.2, 0.25) is 0 Å². The fourth-order valence-electron chi connectivity index (χ4n) is 2.87. The minimum atomic E-state index is -0.208. The molecular weight excluding hydrogens is 306 g/mol. The molecule has 1 aliphatic heterocycles. The summed E-state index contributed by atoms with van der Waals surface area (Å²) in [5.74, 6) is 0.981. The standard InChI is InChI=1S/C16H19N7O/c1-10-2-3-11(6-18-10)7-23-4-5-24-12(8-23)15-21-14(17)13-16(22-15)20-9-19-13/h2-3,6,9,12H,4-5,7-8H2,1H3,(H3,17,19,20,21,22). The lowest BCUT2D eigenvalue weighted by atomic mass is 10.2. The summed E-state index contributed by atoms with van der Waals surface area (Å²) in [5.41, 5.74) is 9.42. The molecule has 0 bridgehead atoms. The molecule has 1 saturated heterocycles. The number of nitrogens with zero attached hydrogens (tertiary/aromatic N) is 5. The van der Waals surface area contributed by atoms with Crippen molar-refractivity contribution < 1.29 is 4.74 Å². The first-order chi connectivity index (χ1) is 11.7. The molecule has 3 aromatic rings. The van der Waals surface area contributed by atoms with Crippen LogP contribution in [0.1, 0.15) is 23.2 Å². The fourth-order valence-corrected chi connectivity index (χ4v) is 2.87. The molecule has 3 N–H and O–H groups in total. The quantitative estimate of drug-likeness (QED) is 0.745. The van der Waals surface area contributed by atoms with E-state index >= 15 is 0 Å². The highest BCUT2D eigenvalue weighted by Crippen LogP contribution is 2.23. The van der Waals surface area contributed by atoms with Gasteiger partial charge in [-0.2, -0.15) is 0 Å². The normalized spacial score (nSPS) is 19.0. The average molecular weight is 325 g/mol. The third-order valence-electron chi connectivity index (χ3n) is 4.15. The summed E-state index contributed by atoms with van der Waals surface area (Å²) in [6.45, 7) is 5.02. The van der Waals surface area contributed by atoms with Gasteiger partial charge in [0.05, 0.1) is 12.9 Å². The number of pyridine rings is 1. The van der Waals surface area contributed by atoms with E-state index in [0.717, 1.165) is 18.8 Å². The lowest BCUT2D eigenvalue weighted by Gasteiger charge is -2.32. The number of nitrogen functional groups attached to an aromatic ring is 1.